The van der Waals surface area contributed by atoms with E-state index in [1.165, 1.54) is 0 Å². The Morgan fingerprint density at radius 1 is 1.20 bits per heavy atom. The van der Waals surface area contributed by atoms with Gasteiger partial charge in [-0.1, -0.05) is 6.07 Å². The summed E-state index contributed by atoms with van der Waals surface area (Å²) in [6.45, 7) is 0. The van der Waals surface area contributed by atoms with Crippen molar-refractivity contribution in [1.82, 2.24) is 4.98 Å². The van der Waals surface area contributed by atoms with Crippen LogP contribution in [0.4, 0.5) is 5.69 Å². The first kappa shape index (κ1) is 9.71. The lowest BCUT2D eigenvalue weighted by molar-refractivity contribution is 1.12. The van der Waals surface area contributed by atoms with E-state index in [4.69, 9.17) is 0 Å². The van der Waals surface area contributed by atoms with Crippen LogP contribution in [-0.4, -0.2) is 19.1 Å². The fourth-order valence-electron chi connectivity index (χ4n) is 1.40. The zero-order valence-corrected chi connectivity index (χ0v) is 8.94. The summed E-state index contributed by atoms with van der Waals surface area (Å²) in [7, 11) is 4.04. The van der Waals surface area contributed by atoms with Crippen LogP contribution >= 0.6 is 0 Å². The Morgan fingerprint density at radius 3 is 2.73 bits per heavy atom. The largest absolute Gasteiger partial charge is 0.378 e. The highest BCUT2D eigenvalue weighted by atomic mass is 15.1. The molecule has 0 saturated carbocycles. The molecule has 0 radical (unpaired) electrons. The predicted octanol–water partition coefficient (Wildman–Crippen LogP) is 2.61. The Balaban J connectivity index is 2.42. The number of pyridine rings is 1. The molecule has 1 heterocycles. The molecule has 0 saturated heterocycles. The molecule has 2 heteroatoms. The molecule has 15 heavy (non-hydrogen) atoms. The molecule has 0 bridgehead atoms. The van der Waals surface area contributed by atoms with Crippen LogP contribution in [0.25, 0.3) is 11.3 Å². The first-order valence-electron chi connectivity index (χ1n) is 4.88. The van der Waals surface area contributed by atoms with Crippen molar-refractivity contribution in [3.05, 3.63) is 48.7 Å². The highest BCUT2D eigenvalue weighted by Gasteiger charge is 1.95. The van der Waals surface area contributed by atoms with Gasteiger partial charge in [0.15, 0.2) is 0 Å². The first-order valence-corrected chi connectivity index (χ1v) is 4.88. The van der Waals surface area contributed by atoms with Crippen LogP contribution in [0.2, 0.25) is 0 Å². The van der Waals surface area contributed by atoms with Crippen LogP contribution in [0, 0.1) is 6.07 Å². The number of hydrogen-bond acceptors (Lipinski definition) is 2. The molecular weight excluding hydrogens is 184 g/mol. The number of benzene rings is 1. The summed E-state index contributed by atoms with van der Waals surface area (Å²) in [5, 5.41) is 0. The molecular formula is C13H13N2-. The molecule has 2 aromatic rings. The molecule has 0 fully saturated rings. The van der Waals surface area contributed by atoms with Crippen molar-refractivity contribution in [1.29, 1.82) is 0 Å². The number of hydrogen-bond donors (Lipinski definition) is 0. The third kappa shape index (κ3) is 2.15. The van der Waals surface area contributed by atoms with Gasteiger partial charge in [-0.25, -0.2) is 0 Å². The average molecular weight is 197 g/mol. The Kier molecular flexibility index (Phi) is 2.68. The van der Waals surface area contributed by atoms with Crippen LogP contribution in [0.1, 0.15) is 0 Å². The molecule has 2 nitrogen and oxygen atoms in total. The lowest BCUT2D eigenvalue weighted by Crippen LogP contribution is -2.08. The standard InChI is InChI=1S/C13H13N2/c1-15(2)12-8-9-14-13(10-12)11-6-4-3-5-7-11/h3-6,8-10H,1-2H3/q-1. The molecule has 0 aliphatic carbocycles. The summed E-state index contributed by atoms with van der Waals surface area (Å²) >= 11 is 0. The number of aromatic nitrogens is 1. The average Bonchev–Trinajstić information content (AvgIpc) is 2.30. The van der Waals surface area contributed by atoms with Gasteiger partial charge in [0.05, 0.1) is 0 Å². The van der Waals surface area contributed by atoms with E-state index in [0.29, 0.717) is 0 Å². The Hall–Kier alpha value is -1.83. The summed E-state index contributed by atoms with van der Waals surface area (Å²) < 4.78 is 0. The van der Waals surface area contributed by atoms with Crippen LogP contribution in [-0.2, 0) is 0 Å². The van der Waals surface area contributed by atoms with Gasteiger partial charge in [0, 0.05) is 26.0 Å². The fraction of sp³-hybridized carbons (Fsp3) is 0.154. The second-order valence-corrected chi connectivity index (χ2v) is 3.57. The molecule has 0 spiro atoms. The summed E-state index contributed by atoms with van der Waals surface area (Å²) in [5.74, 6) is 0. The molecule has 1 aromatic heterocycles. The van der Waals surface area contributed by atoms with Gasteiger partial charge in [-0.2, -0.15) is 0 Å². The SMILES string of the molecule is CN(C)c1ccnc(-c2[c-]cccc2)c1. The van der Waals surface area contributed by atoms with E-state index in [9.17, 15) is 0 Å². The highest BCUT2D eigenvalue weighted by molar-refractivity contribution is 5.63. The predicted molar refractivity (Wildman–Crippen MR) is 62.8 cm³/mol. The number of rotatable bonds is 2. The molecule has 2 rings (SSSR count). The quantitative estimate of drug-likeness (QED) is 0.688. The van der Waals surface area contributed by atoms with E-state index in [0.717, 1.165) is 16.9 Å². The highest BCUT2D eigenvalue weighted by Crippen LogP contribution is 2.20. The maximum atomic E-state index is 4.33. The molecule has 0 unspecified atom stereocenters. The van der Waals surface area contributed by atoms with Crippen molar-refractivity contribution in [3.63, 3.8) is 0 Å². The van der Waals surface area contributed by atoms with Gasteiger partial charge in [0.25, 0.3) is 0 Å². The van der Waals surface area contributed by atoms with Gasteiger partial charge < -0.3 is 9.88 Å². The smallest absolute Gasteiger partial charge is 0.0303 e. The monoisotopic (exact) mass is 197 g/mol. The van der Waals surface area contributed by atoms with E-state index < -0.39 is 0 Å². The normalized spacial score (nSPS) is 10.0. The van der Waals surface area contributed by atoms with E-state index in [2.05, 4.69) is 22.0 Å². The van der Waals surface area contributed by atoms with Crippen molar-refractivity contribution in [2.24, 2.45) is 0 Å². The minimum absolute atomic E-state index is 0.960. The Morgan fingerprint density at radius 2 is 2.07 bits per heavy atom. The number of anilines is 1. The van der Waals surface area contributed by atoms with Crippen molar-refractivity contribution in [2.75, 3.05) is 19.0 Å². The van der Waals surface area contributed by atoms with Gasteiger partial charge in [-0.15, -0.1) is 35.9 Å². The second kappa shape index (κ2) is 4.13. The third-order valence-electron chi connectivity index (χ3n) is 2.24. The summed E-state index contributed by atoms with van der Waals surface area (Å²) in [6.07, 6.45) is 1.82. The van der Waals surface area contributed by atoms with Crippen LogP contribution in [0.3, 0.4) is 0 Å². The Labute approximate surface area is 90.2 Å². The van der Waals surface area contributed by atoms with E-state index in [1.54, 1.807) is 0 Å². The van der Waals surface area contributed by atoms with Crippen molar-refractivity contribution in [2.45, 2.75) is 0 Å². The third-order valence-corrected chi connectivity index (χ3v) is 2.24. The van der Waals surface area contributed by atoms with Gasteiger partial charge in [-0.3, -0.25) is 0 Å². The van der Waals surface area contributed by atoms with Crippen LogP contribution < -0.4 is 4.90 Å². The lowest BCUT2D eigenvalue weighted by Gasteiger charge is -2.15. The van der Waals surface area contributed by atoms with Crippen molar-refractivity contribution in [3.8, 4) is 11.3 Å². The van der Waals surface area contributed by atoms with Crippen molar-refractivity contribution < 1.29 is 0 Å². The van der Waals surface area contributed by atoms with Crippen LogP contribution in [0.5, 0.6) is 0 Å². The summed E-state index contributed by atoms with van der Waals surface area (Å²) in [6, 6.07) is 15.1. The molecule has 0 amide bonds. The minimum atomic E-state index is 0.960. The zero-order valence-electron chi connectivity index (χ0n) is 8.94. The maximum absolute atomic E-state index is 4.33. The number of nitrogens with zero attached hydrogens (tertiary/aromatic N) is 2. The topological polar surface area (TPSA) is 16.1 Å². The van der Waals surface area contributed by atoms with E-state index >= 15 is 0 Å². The maximum Gasteiger partial charge on any atom is 0.0303 e. The second-order valence-electron chi connectivity index (χ2n) is 3.57. The van der Waals surface area contributed by atoms with Crippen molar-refractivity contribution >= 4 is 5.69 Å². The Bertz CT molecular complexity index is 435. The fourth-order valence-corrected chi connectivity index (χ4v) is 1.40. The van der Waals surface area contributed by atoms with E-state index in [-0.39, 0.29) is 0 Å². The molecule has 0 aliphatic rings. The molecule has 76 valence electrons. The summed E-state index contributed by atoms with van der Waals surface area (Å²) in [4.78, 5) is 6.40. The molecule has 0 N–H and O–H groups in total. The van der Waals surface area contributed by atoms with Crippen LogP contribution in [0.15, 0.2) is 42.6 Å². The van der Waals surface area contributed by atoms with Gasteiger partial charge >= 0.3 is 0 Å². The summed E-state index contributed by atoms with van der Waals surface area (Å²) in [5.41, 5.74) is 3.14. The first-order chi connectivity index (χ1) is 7.27. The molecule has 0 atom stereocenters. The van der Waals surface area contributed by atoms with E-state index in [1.807, 2.05) is 50.6 Å². The zero-order chi connectivity index (χ0) is 10.7. The lowest BCUT2D eigenvalue weighted by atomic mass is 10.1. The van der Waals surface area contributed by atoms with Gasteiger partial charge in [0.2, 0.25) is 0 Å². The van der Waals surface area contributed by atoms with Gasteiger partial charge in [-0.05, 0) is 11.8 Å². The minimum Gasteiger partial charge on any atom is -0.378 e. The van der Waals surface area contributed by atoms with Gasteiger partial charge in [0.1, 0.15) is 0 Å². The molecule has 0 aliphatic heterocycles. The molecule has 1 aromatic carbocycles.